The number of aromatic nitrogens is 1. The topological polar surface area (TPSA) is 33.1 Å². The van der Waals surface area contributed by atoms with Crippen molar-refractivity contribution in [2.75, 3.05) is 0 Å². The van der Waals surface area contributed by atoms with Crippen LogP contribution in [0.25, 0.3) is 0 Å². The fourth-order valence-corrected chi connectivity index (χ4v) is 2.94. The van der Waals surface area contributed by atoms with Crippen molar-refractivity contribution in [1.82, 2.24) is 4.98 Å². The van der Waals surface area contributed by atoms with Crippen LogP contribution in [0.4, 0.5) is 0 Å². The van der Waals surface area contributed by atoms with Gasteiger partial charge in [-0.25, -0.2) is 4.98 Å². The van der Waals surface area contributed by atoms with E-state index in [1.54, 1.807) is 11.3 Å². The zero-order chi connectivity index (χ0) is 9.86. The Bertz CT molecular complexity index is 263. The third-order valence-electron chi connectivity index (χ3n) is 3.00. The van der Waals surface area contributed by atoms with Crippen molar-refractivity contribution in [3.8, 4) is 0 Å². The zero-order valence-electron chi connectivity index (χ0n) is 8.41. The Morgan fingerprint density at radius 1 is 1.29 bits per heavy atom. The average molecular weight is 211 g/mol. The highest BCUT2D eigenvalue weighted by molar-refractivity contribution is 7.09. The van der Waals surface area contributed by atoms with Gasteiger partial charge in [0.15, 0.2) is 0 Å². The van der Waals surface area contributed by atoms with Crippen molar-refractivity contribution in [1.29, 1.82) is 0 Å². The van der Waals surface area contributed by atoms with Crippen molar-refractivity contribution in [3.63, 3.8) is 0 Å². The Balaban J connectivity index is 1.99. The summed E-state index contributed by atoms with van der Waals surface area (Å²) in [5.74, 6) is 0. The van der Waals surface area contributed by atoms with Gasteiger partial charge in [-0.3, -0.25) is 0 Å². The van der Waals surface area contributed by atoms with Gasteiger partial charge in [0, 0.05) is 18.0 Å². The van der Waals surface area contributed by atoms with Gasteiger partial charge in [-0.2, -0.15) is 0 Å². The van der Waals surface area contributed by atoms with Crippen molar-refractivity contribution in [2.45, 2.75) is 50.5 Å². The summed E-state index contributed by atoms with van der Waals surface area (Å²) in [6.45, 7) is 0. The highest BCUT2D eigenvalue weighted by Crippen LogP contribution is 2.30. The molecule has 0 saturated heterocycles. The van der Waals surface area contributed by atoms with E-state index in [-0.39, 0.29) is 0 Å². The van der Waals surface area contributed by atoms with Gasteiger partial charge in [-0.1, -0.05) is 25.7 Å². The fourth-order valence-electron chi connectivity index (χ4n) is 2.19. The number of hydrogen-bond donors (Lipinski definition) is 1. The van der Waals surface area contributed by atoms with Crippen molar-refractivity contribution < 1.29 is 5.11 Å². The molecular formula is C11H17NOS. The van der Waals surface area contributed by atoms with Crippen molar-refractivity contribution in [3.05, 3.63) is 16.6 Å². The van der Waals surface area contributed by atoms with Gasteiger partial charge in [-0.05, 0) is 12.8 Å². The van der Waals surface area contributed by atoms with Crippen LogP contribution in [0.2, 0.25) is 0 Å². The molecule has 1 fully saturated rings. The van der Waals surface area contributed by atoms with Gasteiger partial charge >= 0.3 is 0 Å². The minimum Gasteiger partial charge on any atom is -0.389 e. The average Bonchev–Trinajstić information content (AvgIpc) is 2.55. The first-order valence-corrected chi connectivity index (χ1v) is 6.27. The molecule has 1 aromatic heterocycles. The lowest BCUT2D eigenvalue weighted by Gasteiger charge is -2.25. The van der Waals surface area contributed by atoms with Crippen LogP contribution in [0, 0.1) is 0 Å². The van der Waals surface area contributed by atoms with Crippen LogP contribution in [0.5, 0.6) is 0 Å². The molecule has 78 valence electrons. The van der Waals surface area contributed by atoms with E-state index in [0.717, 1.165) is 24.3 Å². The van der Waals surface area contributed by atoms with Crippen molar-refractivity contribution >= 4 is 11.3 Å². The molecule has 0 spiro atoms. The molecule has 2 nitrogen and oxygen atoms in total. The molecule has 0 unspecified atom stereocenters. The van der Waals surface area contributed by atoms with Crippen LogP contribution < -0.4 is 0 Å². The summed E-state index contributed by atoms with van der Waals surface area (Å²) >= 11 is 1.65. The molecule has 0 bridgehead atoms. The maximum absolute atomic E-state index is 10.4. The van der Waals surface area contributed by atoms with Crippen LogP contribution in [-0.4, -0.2) is 15.7 Å². The molecule has 0 radical (unpaired) electrons. The van der Waals surface area contributed by atoms with Gasteiger partial charge in [0.2, 0.25) is 0 Å². The van der Waals surface area contributed by atoms with E-state index in [9.17, 15) is 5.11 Å². The Kier molecular flexibility index (Phi) is 3.19. The monoisotopic (exact) mass is 211 g/mol. The molecule has 1 aromatic rings. The summed E-state index contributed by atoms with van der Waals surface area (Å²) in [4.78, 5) is 4.24. The molecule has 3 heteroatoms. The lowest BCUT2D eigenvalue weighted by atomic mass is 9.91. The molecular weight excluding hydrogens is 194 g/mol. The zero-order valence-corrected chi connectivity index (χ0v) is 9.22. The first-order valence-electron chi connectivity index (χ1n) is 5.39. The summed E-state index contributed by atoms with van der Waals surface area (Å²) in [5, 5.41) is 13.4. The van der Waals surface area contributed by atoms with Crippen LogP contribution >= 0.6 is 11.3 Å². The minimum atomic E-state index is -0.464. The lowest BCUT2D eigenvalue weighted by molar-refractivity contribution is 0.0252. The SMILES string of the molecule is OC1(Cc2nccs2)CCCCCC1. The largest absolute Gasteiger partial charge is 0.389 e. The van der Waals surface area contributed by atoms with E-state index < -0.39 is 5.60 Å². The number of nitrogens with zero attached hydrogens (tertiary/aromatic N) is 1. The summed E-state index contributed by atoms with van der Waals surface area (Å²) < 4.78 is 0. The predicted octanol–water partition coefficient (Wildman–Crippen LogP) is 2.77. The lowest BCUT2D eigenvalue weighted by Crippen LogP contribution is -2.30. The summed E-state index contributed by atoms with van der Waals surface area (Å²) in [7, 11) is 0. The van der Waals surface area contributed by atoms with Gasteiger partial charge in [0.1, 0.15) is 0 Å². The first kappa shape index (κ1) is 10.1. The first-order chi connectivity index (χ1) is 6.79. The highest BCUT2D eigenvalue weighted by atomic mass is 32.1. The fraction of sp³-hybridized carbons (Fsp3) is 0.727. The summed E-state index contributed by atoms with van der Waals surface area (Å²) in [5.41, 5.74) is -0.464. The molecule has 14 heavy (non-hydrogen) atoms. The summed E-state index contributed by atoms with van der Waals surface area (Å²) in [6.07, 6.45) is 9.37. The molecule has 1 aliphatic rings. The van der Waals surface area contributed by atoms with Crippen molar-refractivity contribution in [2.24, 2.45) is 0 Å². The van der Waals surface area contributed by atoms with Crippen LogP contribution in [0.3, 0.4) is 0 Å². The number of thiazole rings is 1. The molecule has 1 heterocycles. The second kappa shape index (κ2) is 4.41. The molecule has 2 rings (SSSR count). The Morgan fingerprint density at radius 3 is 2.57 bits per heavy atom. The van der Waals surface area contributed by atoms with Gasteiger partial charge in [0.05, 0.1) is 10.6 Å². The molecule has 0 amide bonds. The number of aliphatic hydroxyl groups is 1. The molecule has 0 aromatic carbocycles. The Hall–Kier alpha value is -0.410. The van der Waals surface area contributed by atoms with Crippen LogP contribution in [0.15, 0.2) is 11.6 Å². The smallest absolute Gasteiger partial charge is 0.0953 e. The quantitative estimate of drug-likeness (QED) is 0.763. The summed E-state index contributed by atoms with van der Waals surface area (Å²) in [6, 6.07) is 0. The normalized spacial score (nSPS) is 21.8. The van der Waals surface area contributed by atoms with E-state index in [2.05, 4.69) is 4.98 Å². The molecule has 1 aliphatic carbocycles. The van der Waals surface area contributed by atoms with Gasteiger partial charge < -0.3 is 5.11 Å². The molecule has 0 aliphatic heterocycles. The maximum Gasteiger partial charge on any atom is 0.0953 e. The van der Waals surface area contributed by atoms with E-state index in [0.29, 0.717) is 0 Å². The van der Waals surface area contributed by atoms with E-state index in [1.807, 2.05) is 11.6 Å². The third-order valence-corrected chi connectivity index (χ3v) is 3.78. The molecule has 1 N–H and O–H groups in total. The second-order valence-corrected chi connectivity index (χ2v) is 5.22. The molecule has 0 atom stereocenters. The van der Waals surface area contributed by atoms with Gasteiger partial charge in [-0.15, -0.1) is 11.3 Å². The maximum atomic E-state index is 10.4. The minimum absolute atomic E-state index is 0.464. The number of hydrogen-bond acceptors (Lipinski definition) is 3. The number of rotatable bonds is 2. The highest BCUT2D eigenvalue weighted by Gasteiger charge is 2.28. The molecule has 1 saturated carbocycles. The second-order valence-electron chi connectivity index (χ2n) is 4.24. The predicted molar refractivity (Wildman–Crippen MR) is 58.5 cm³/mol. The van der Waals surface area contributed by atoms with E-state index in [1.165, 1.54) is 25.7 Å². The Morgan fingerprint density at radius 2 is 2.00 bits per heavy atom. The van der Waals surface area contributed by atoms with Crippen LogP contribution in [0.1, 0.15) is 43.5 Å². The van der Waals surface area contributed by atoms with E-state index in [4.69, 9.17) is 0 Å². The van der Waals surface area contributed by atoms with E-state index >= 15 is 0 Å². The standard InChI is InChI=1S/C11H17NOS/c13-11(5-3-1-2-4-6-11)9-10-12-7-8-14-10/h7-8,13H,1-6,9H2. The van der Waals surface area contributed by atoms with Crippen LogP contribution in [-0.2, 0) is 6.42 Å². The third kappa shape index (κ3) is 2.55. The van der Waals surface area contributed by atoms with Gasteiger partial charge in [0.25, 0.3) is 0 Å². The Labute approximate surface area is 89.0 Å².